The monoisotopic (exact) mass is 387 g/mol. The van der Waals surface area contributed by atoms with E-state index in [4.69, 9.17) is 9.47 Å². The molecule has 28 heavy (non-hydrogen) atoms. The van der Waals surface area contributed by atoms with E-state index in [1.165, 1.54) is 19.3 Å². The number of hydrogen-bond acceptors (Lipinski definition) is 4. The first-order valence-electron chi connectivity index (χ1n) is 10.7. The zero-order valence-corrected chi connectivity index (χ0v) is 17.4. The van der Waals surface area contributed by atoms with Crippen molar-refractivity contribution in [1.29, 1.82) is 0 Å². The van der Waals surface area contributed by atoms with Crippen LogP contribution in [0.1, 0.15) is 68.6 Å². The lowest BCUT2D eigenvalue weighted by Gasteiger charge is -2.36. The minimum atomic E-state index is -0.679. The fourth-order valence-corrected chi connectivity index (χ4v) is 4.88. The molecular weight excluding hydrogens is 354 g/mol. The van der Waals surface area contributed by atoms with Gasteiger partial charge in [0.2, 0.25) is 5.91 Å². The summed E-state index contributed by atoms with van der Waals surface area (Å²) in [6.07, 6.45) is 6.80. The highest BCUT2D eigenvalue weighted by Crippen LogP contribution is 2.38. The van der Waals surface area contributed by atoms with Crippen LogP contribution >= 0.6 is 0 Å². The van der Waals surface area contributed by atoms with E-state index in [0.717, 1.165) is 36.0 Å². The number of benzene rings is 1. The van der Waals surface area contributed by atoms with Gasteiger partial charge in [0.15, 0.2) is 6.23 Å². The second-order valence-corrected chi connectivity index (χ2v) is 8.15. The molecule has 5 nitrogen and oxygen atoms in total. The van der Waals surface area contributed by atoms with Gasteiger partial charge < -0.3 is 14.4 Å². The summed E-state index contributed by atoms with van der Waals surface area (Å²) in [5.41, 5.74) is 3.34. The van der Waals surface area contributed by atoms with Gasteiger partial charge in [-0.2, -0.15) is 0 Å². The van der Waals surface area contributed by atoms with Gasteiger partial charge in [0, 0.05) is 12.5 Å². The Morgan fingerprint density at radius 3 is 2.36 bits per heavy atom. The number of likely N-dealkylation sites (tertiary alicyclic amines) is 1. The molecule has 3 rings (SSSR count). The first-order valence-corrected chi connectivity index (χ1v) is 10.7. The maximum absolute atomic E-state index is 13.4. The van der Waals surface area contributed by atoms with Crippen LogP contribution in [0.15, 0.2) is 18.2 Å². The molecular formula is C23H33NO4. The lowest BCUT2D eigenvalue weighted by atomic mass is 9.83. The highest BCUT2D eigenvalue weighted by atomic mass is 16.7. The molecule has 5 heteroatoms. The number of carbonyl (C=O) groups is 2. The van der Waals surface area contributed by atoms with Gasteiger partial charge in [-0.05, 0) is 62.6 Å². The Bertz CT molecular complexity index is 676. The van der Waals surface area contributed by atoms with E-state index in [2.05, 4.69) is 0 Å². The van der Waals surface area contributed by atoms with Crippen LogP contribution in [-0.2, 0) is 20.7 Å². The molecule has 2 atom stereocenters. The van der Waals surface area contributed by atoms with Crippen molar-refractivity contribution >= 4 is 12.1 Å². The van der Waals surface area contributed by atoms with Gasteiger partial charge in [0.05, 0.1) is 13.0 Å². The van der Waals surface area contributed by atoms with Crippen molar-refractivity contribution in [2.45, 2.75) is 84.4 Å². The van der Waals surface area contributed by atoms with Gasteiger partial charge in [-0.3, -0.25) is 4.79 Å². The second-order valence-electron chi connectivity index (χ2n) is 8.15. The minimum absolute atomic E-state index is 0.0553. The van der Waals surface area contributed by atoms with Gasteiger partial charge in [-0.25, -0.2) is 4.79 Å². The van der Waals surface area contributed by atoms with Crippen LogP contribution in [0.5, 0.6) is 0 Å². The third-order valence-corrected chi connectivity index (χ3v) is 6.33. The molecule has 0 aromatic heterocycles. The maximum Gasteiger partial charge on any atom is 0.510 e. The van der Waals surface area contributed by atoms with Crippen LogP contribution in [0.2, 0.25) is 0 Å². The molecule has 0 spiro atoms. The maximum atomic E-state index is 13.4. The molecule has 154 valence electrons. The van der Waals surface area contributed by atoms with Crippen molar-refractivity contribution in [2.75, 3.05) is 6.61 Å². The number of ether oxygens (including phenoxy) is 2. The number of rotatable bonds is 5. The van der Waals surface area contributed by atoms with Crippen molar-refractivity contribution in [1.82, 2.24) is 4.90 Å². The molecule has 1 saturated heterocycles. The van der Waals surface area contributed by atoms with E-state index in [1.807, 2.05) is 36.9 Å². The molecule has 1 amide bonds. The normalized spacial score (nSPS) is 22.9. The Morgan fingerprint density at radius 1 is 1.04 bits per heavy atom. The Hall–Kier alpha value is -2.04. The van der Waals surface area contributed by atoms with Crippen LogP contribution in [0.4, 0.5) is 4.79 Å². The Kier molecular flexibility index (Phi) is 6.97. The largest absolute Gasteiger partial charge is 0.510 e. The van der Waals surface area contributed by atoms with E-state index < -0.39 is 12.4 Å². The molecule has 1 aromatic carbocycles. The summed E-state index contributed by atoms with van der Waals surface area (Å²) >= 11 is 0. The average Bonchev–Trinajstić information content (AvgIpc) is 3.09. The van der Waals surface area contributed by atoms with E-state index in [0.29, 0.717) is 18.8 Å². The number of nitrogens with zero attached hydrogens (tertiary/aromatic N) is 1. The zero-order chi connectivity index (χ0) is 20.1. The Balaban J connectivity index is 1.80. The molecule has 0 N–H and O–H groups in total. The number of aryl methyl sites for hydroxylation is 2. The summed E-state index contributed by atoms with van der Waals surface area (Å²) in [6.45, 7) is 6.12. The van der Waals surface area contributed by atoms with E-state index in [-0.39, 0.29) is 18.6 Å². The molecule has 1 aromatic rings. The SMILES string of the molecule is CCOC(=O)OC1CCC(C2CCCCC2)N1C(=O)Cc1c(C)cccc1C. The minimum Gasteiger partial charge on any atom is -0.435 e. The fraction of sp³-hybridized carbons (Fsp3) is 0.652. The summed E-state index contributed by atoms with van der Waals surface area (Å²) in [4.78, 5) is 27.2. The summed E-state index contributed by atoms with van der Waals surface area (Å²) < 4.78 is 10.5. The predicted octanol–water partition coefficient (Wildman–Crippen LogP) is 4.92. The van der Waals surface area contributed by atoms with Gasteiger partial charge >= 0.3 is 6.16 Å². The molecule has 1 aliphatic carbocycles. The number of amides is 1. The topological polar surface area (TPSA) is 55.8 Å². The summed E-state index contributed by atoms with van der Waals surface area (Å²) in [6, 6.07) is 6.28. The van der Waals surface area contributed by atoms with Crippen LogP contribution < -0.4 is 0 Å². The van der Waals surface area contributed by atoms with Crippen LogP contribution in [0, 0.1) is 19.8 Å². The van der Waals surface area contributed by atoms with Crippen LogP contribution in [0.25, 0.3) is 0 Å². The molecule has 1 heterocycles. The molecule has 2 unspecified atom stereocenters. The summed E-state index contributed by atoms with van der Waals surface area (Å²) in [7, 11) is 0. The molecule has 2 fully saturated rings. The average molecular weight is 388 g/mol. The fourth-order valence-electron chi connectivity index (χ4n) is 4.88. The van der Waals surface area contributed by atoms with Crippen LogP contribution in [-0.4, -0.2) is 35.8 Å². The first-order chi connectivity index (χ1) is 13.5. The lowest BCUT2D eigenvalue weighted by Crippen LogP contribution is -2.47. The van der Waals surface area contributed by atoms with E-state index in [9.17, 15) is 9.59 Å². The van der Waals surface area contributed by atoms with Crippen molar-refractivity contribution < 1.29 is 19.1 Å². The van der Waals surface area contributed by atoms with Gasteiger partial charge in [-0.1, -0.05) is 37.5 Å². The molecule has 0 radical (unpaired) electrons. The molecule has 1 saturated carbocycles. The number of hydrogen-bond donors (Lipinski definition) is 0. The quantitative estimate of drug-likeness (QED) is 0.673. The van der Waals surface area contributed by atoms with Gasteiger partial charge in [-0.15, -0.1) is 0 Å². The second kappa shape index (κ2) is 9.44. The summed E-state index contributed by atoms with van der Waals surface area (Å²) in [5.74, 6) is 0.561. The lowest BCUT2D eigenvalue weighted by molar-refractivity contribution is -0.143. The predicted molar refractivity (Wildman–Crippen MR) is 108 cm³/mol. The summed E-state index contributed by atoms with van der Waals surface area (Å²) in [5, 5.41) is 0. The van der Waals surface area contributed by atoms with Crippen molar-refractivity contribution in [3.05, 3.63) is 34.9 Å². The van der Waals surface area contributed by atoms with Crippen molar-refractivity contribution in [3.8, 4) is 0 Å². The third-order valence-electron chi connectivity index (χ3n) is 6.33. The standard InChI is InChI=1S/C23H33NO4/c1-4-27-23(26)28-22-14-13-20(18-11-6-5-7-12-18)24(22)21(25)15-19-16(2)9-8-10-17(19)3/h8-10,18,20,22H,4-7,11-15H2,1-3H3. The molecule has 0 bridgehead atoms. The highest BCUT2D eigenvalue weighted by molar-refractivity contribution is 5.80. The van der Waals surface area contributed by atoms with E-state index in [1.54, 1.807) is 6.92 Å². The Labute approximate surface area is 168 Å². The molecule has 2 aliphatic rings. The smallest absolute Gasteiger partial charge is 0.435 e. The molecule has 1 aliphatic heterocycles. The highest BCUT2D eigenvalue weighted by Gasteiger charge is 2.43. The van der Waals surface area contributed by atoms with Gasteiger partial charge in [0.1, 0.15) is 0 Å². The van der Waals surface area contributed by atoms with E-state index >= 15 is 0 Å². The van der Waals surface area contributed by atoms with Crippen LogP contribution in [0.3, 0.4) is 0 Å². The number of carbonyl (C=O) groups excluding carboxylic acids is 2. The van der Waals surface area contributed by atoms with Gasteiger partial charge in [0.25, 0.3) is 0 Å². The zero-order valence-electron chi connectivity index (χ0n) is 17.4. The third kappa shape index (κ3) is 4.68. The Morgan fingerprint density at radius 2 is 1.71 bits per heavy atom. The first kappa shape index (κ1) is 20.7. The van der Waals surface area contributed by atoms with Crippen molar-refractivity contribution in [2.24, 2.45) is 5.92 Å². The van der Waals surface area contributed by atoms with Crippen molar-refractivity contribution in [3.63, 3.8) is 0 Å².